The second-order valence-electron chi connectivity index (χ2n) is 23.1. The predicted molar refractivity (Wildman–Crippen MR) is 343 cm³/mol. The number of nitrogens with zero attached hydrogens (tertiary/aromatic N) is 3. The first-order valence-electron chi connectivity index (χ1n) is 28.7. The van der Waals surface area contributed by atoms with Crippen LogP contribution in [0.2, 0.25) is 0 Å². The summed E-state index contributed by atoms with van der Waals surface area (Å²) in [4.78, 5) is 11.6. The van der Waals surface area contributed by atoms with E-state index in [0.717, 1.165) is 125 Å². The number of benzene rings is 10. The predicted octanol–water partition coefficient (Wildman–Crippen LogP) is 20.1. The second kappa shape index (κ2) is 21.9. The van der Waals surface area contributed by atoms with Gasteiger partial charge in [0.25, 0.3) is 0 Å². The molecule has 1 aliphatic carbocycles. The average molecular weight is 1260 g/mol. The summed E-state index contributed by atoms with van der Waals surface area (Å²) in [6.07, 6.45) is 1.68. The van der Waals surface area contributed by atoms with Crippen LogP contribution in [0.25, 0.3) is 117 Å². The van der Waals surface area contributed by atoms with Gasteiger partial charge in [0.2, 0.25) is 0 Å². The standard InChI is InChI=1S/C78H66N3O.Pt/c1-45-37-46(2)43-60(42-45)62-27-17-26-61(55-21-12-11-13-22-55)71(62)58-24-15-25-59(44-58)72-65(74-63(69-51(7)38-47(3)39-52(69)8)28-18-29-64(74)70-53(9)40-48(4)41-54(70)10)34-36-67-76(72)80-78(81(67)77-49(5)19-14-20-50(77)6)66-35-33-57-32-31-56-23-16-30-68(82)73(56)75(57)79-66;/h11-30,33-43,82H,31-32H2,1-10H3;/q-1;. The van der Waals surface area contributed by atoms with Gasteiger partial charge in [-0.2, -0.15) is 0 Å². The summed E-state index contributed by atoms with van der Waals surface area (Å²) in [5.74, 6) is 0.971. The number of phenolic OH excluding ortho intramolecular Hbond substituents is 1. The van der Waals surface area contributed by atoms with Crippen LogP contribution >= 0.6 is 0 Å². The molecule has 0 radical (unpaired) electrons. The number of rotatable bonds is 9. The maximum absolute atomic E-state index is 11.5. The Morgan fingerprint density at radius 3 is 1.53 bits per heavy atom. The number of aryl methyl sites for hydroxylation is 12. The Bertz CT molecular complexity index is 4420. The number of aromatic nitrogens is 3. The Morgan fingerprint density at radius 2 is 0.904 bits per heavy atom. The normalized spacial score (nSPS) is 11.8. The largest absolute Gasteiger partial charge is 0.507 e. The number of fused-ring (bicyclic) bond motifs is 4. The number of aromatic hydroxyl groups is 1. The van der Waals surface area contributed by atoms with Crippen molar-refractivity contribution in [3.8, 4) is 112 Å². The van der Waals surface area contributed by atoms with E-state index in [2.05, 4.69) is 256 Å². The van der Waals surface area contributed by atoms with E-state index in [4.69, 9.17) is 9.97 Å². The Kier molecular flexibility index (Phi) is 14.5. The van der Waals surface area contributed by atoms with Crippen LogP contribution in [0.4, 0.5) is 0 Å². The molecule has 1 N–H and O–H groups in total. The minimum absolute atomic E-state index is 0. The van der Waals surface area contributed by atoms with Crippen molar-refractivity contribution in [3.63, 3.8) is 0 Å². The SMILES string of the molecule is Cc1cc(C)cc(-c2cccc(-c3ccccc3)c2-c2[c-]c(-c3c(-c4c(-c5c(C)cc(C)cc5C)cccc4-c4c(C)cc(C)cc4C)ccc4c3nc(-c3ccc5c(n3)-c3c(O)cccc3CC5)n4-c3c(C)cccc3C)ccc2)c1.[Pt]. The molecule has 12 aromatic rings. The fraction of sp³-hybridized carbons (Fsp3) is 0.154. The second-order valence-corrected chi connectivity index (χ2v) is 23.1. The van der Waals surface area contributed by atoms with Crippen LogP contribution in [-0.4, -0.2) is 19.6 Å². The fourth-order valence-electron chi connectivity index (χ4n) is 13.9. The molecule has 0 unspecified atom stereocenters. The number of pyridine rings is 1. The number of phenols is 1. The van der Waals surface area contributed by atoms with Crippen molar-refractivity contribution in [2.45, 2.75) is 82.1 Å². The molecule has 5 heteroatoms. The van der Waals surface area contributed by atoms with E-state index >= 15 is 0 Å². The zero-order chi connectivity index (χ0) is 56.7. The van der Waals surface area contributed by atoms with Crippen LogP contribution in [0, 0.1) is 75.3 Å². The van der Waals surface area contributed by atoms with Crippen LogP contribution in [0.15, 0.2) is 188 Å². The fourth-order valence-corrected chi connectivity index (χ4v) is 13.9. The van der Waals surface area contributed by atoms with Crippen LogP contribution in [0.3, 0.4) is 0 Å². The van der Waals surface area contributed by atoms with E-state index in [-0.39, 0.29) is 26.8 Å². The van der Waals surface area contributed by atoms with E-state index in [9.17, 15) is 5.11 Å². The third-order valence-electron chi connectivity index (χ3n) is 17.0. The van der Waals surface area contributed by atoms with Gasteiger partial charge in [-0.25, -0.2) is 9.97 Å². The summed E-state index contributed by atoms with van der Waals surface area (Å²) in [5, 5.41) is 11.5. The van der Waals surface area contributed by atoms with E-state index in [1.807, 2.05) is 6.07 Å². The first-order valence-corrected chi connectivity index (χ1v) is 28.7. The molecule has 2 aromatic heterocycles. The van der Waals surface area contributed by atoms with Crippen molar-refractivity contribution in [1.29, 1.82) is 0 Å². The third kappa shape index (κ3) is 9.67. The number of imidazole rings is 1. The van der Waals surface area contributed by atoms with Gasteiger partial charge >= 0.3 is 0 Å². The number of hydrogen-bond donors (Lipinski definition) is 1. The van der Waals surface area contributed by atoms with Gasteiger partial charge in [-0.15, -0.1) is 35.4 Å². The molecule has 0 aliphatic heterocycles. The molecule has 0 saturated heterocycles. The molecule has 4 nitrogen and oxygen atoms in total. The monoisotopic (exact) mass is 1260 g/mol. The van der Waals surface area contributed by atoms with Gasteiger partial charge in [-0.1, -0.05) is 179 Å². The van der Waals surface area contributed by atoms with Crippen molar-refractivity contribution in [2.24, 2.45) is 0 Å². The van der Waals surface area contributed by atoms with Gasteiger partial charge in [-0.3, -0.25) is 4.57 Å². The maximum atomic E-state index is 11.5. The Labute approximate surface area is 503 Å². The van der Waals surface area contributed by atoms with Crippen LogP contribution in [0.1, 0.15) is 66.8 Å². The van der Waals surface area contributed by atoms with Gasteiger partial charge in [0.05, 0.1) is 22.4 Å². The van der Waals surface area contributed by atoms with Crippen LogP contribution in [-0.2, 0) is 33.9 Å². The molecule has 0 bridgehead atoms. The van der Waals surface area contributed by atoms with Gasteiger partial charge in [-0.05, 0) is 206 Å². The van der Waals surface area contributed by atoms with Crippen molar-refractivity contribution in [3.05, 3.63) is 261 Å². The van der Waals surface area contributed by atoms with Crippen molar-refractivity contribution >= 4 is 11.0 Å². The smallest absolute Gasteiger partial charge is 0.163 e. The van der Waals surface area contributed by atoms with E-state index in [1.165, 1.54) is 72.3 Å². The molecule has 0 atom stereocenters. The zero-order valence-corrected chi connectivity index (χ0v) is 51.2. The minimum atomic E-state index is 0. The summed E-state index contributed by atoms with van der Waals surface area (Å²) in [6.45, 7) is 22.2. The summed E-state index contributed by atoms with van der Waals surface area (Å²) in [5.41, 5.74) is 35.1. The van der Waals surface area contributed by atoms with E-state index in [1.54, 1.807) is 6.07 Å². The van der Waals surface area contributed by atoms with Crippen molar-refractivity contribution in [1.82, 2.24) is 14.5 Å². The Morgan fingerprint density at radius 1 is 0.386 bits per heavy atom. The summed E-state index contributed by atoms with van der Waals surface area (Å²) in [6, 6.07) is 72.8. The van der Waals surface area contributed by atoms with Gasteiger partial charge in [0.15, 0.2) is 5.82 Å². The number of para-hydroxylation sites is 1. The molecule has 83 heavy (non-hydrogen) atoms. The summed E-state index contributed by atoms with van der Waals surface area (Å²) in [7, 11) is 0. The molecule has 13 rings (SSSR count). The van der Waals surface area contributed by atoms with Crippen molar-refractivity contribution in [2.75, 3.05) is 0 Å². The molecule has 1 aliphatic rings. The molecule has 10 aromatic carbocycles. The zero-order valence-electron chi connectivity index (χ0n) is 48.9. The van der Waals surface area contributed by atoms with E-state index < -0.39 is 0 Å². The topological polar surface area (TPSA) is 50.9 Å². The van der Waals surface area contributed by atoms with Crippen molar-refractivity contribution < 1.29 is 26.2 Å². The van der Waals surface area contributed by atoms with Crippen LogP contribution < -0.4 is 0 Å². The van der Waals surface area contributed by atoms with Gasteiger partial charge in [0, 0.05) is 26.6 Å². The minimum Gasteiger partial charge on any atom is -0.507 e. The first-order chi connectivity index (χ1) is 39.7. The first kappa shape index (κ1) is 54.9. The maximum Gasteiger partial charge on any atom is 0.163 e. The molecule has 0 spiro atoms. The molecule has 0 fully saturated rings. The van der Waals surface area contributed by atoms with Gasteiger partial charge < -0.3 is 5.11 Å². The quantitative estimate of drug-likeness (QED) is 0.147. The van der Waals surface area contributed by atoms with Crippen LogP contribution in [0.5, 0.6) is 5.75 Å². The van der Waals surface area contributed by atoms with Gasteiger partial charge in [0.1, 0.15) is 11.4 Å². The number of hydrogen-bond acceptors (Lipinski definition) is 3. The third-order valence-corrected chi connectivity index (χ3v) is 17.0. The molecule has 0 amide bonds. The molecule has 0 saturated carbocycles. The molecular formula is C78H66N3OPt-. The summed E-state index contributed by atoms with van der Waals surface area (Å²) >= 11 is 0. The summed E-state index contributed by atoms with van der Waals surface area (Å²) < 4.78 is 2.35. The Balaban J connectivity index is 0.00000680. The molecular weight excluding hydrogens is 1190 g/mol. The molecule has 410 valence electrons. The average Bonchev–Trinajstić information content (AvgIpc) is 2.99. The van der Waals surface area contributed by atoms with E-state index in [0.29, 0.717) is 0 Å². The Hall–Kier alpha value is -8.69. The molecule has 2 heterocycles.